The van der Waals surface area contributed by atoms with Crippen LogP contribution in [-0.2, 0) is 24.4 Å². The van der Waals surface area contributed by atoms with Gasteiger partial charge in [0.1, 0.15) is 6.61 Å². The molecule has 1 fully saturated rings. The van der Waals surface area contributed by atoms with Gasteiger partial charge in [-0.2, -0.15) is 5.26 Å². The van der Waals surface area contributed by atoms with Crippen molar-refractivity contribution in [3.05, 3.63) is 88.5 Å². The summed E-state index contributed by atoms with van der Waals surface area (Å²) in [5.74, 6) is 0. The average molecular weight is 444 g/mol. The number of imidazole rings is 1. The zero-order chi connectivity index (χ0) is 23.2. The molecule has 0 aliphatic carbocycles. The zero-order valence-electron chi connectivity index (χ0n) is 19.2. The van der Waals surface area contributed by atoms with Crippen LogP contribution in [-0.4, -0.2) is 51.6 Å². The molecule has 1 amide bonds. The van der Waals surface area contributed by atoms with Crippen LogP contribution < -0.4 is 0 Å². The Balaban J connectivity index is 1.26. The van der Waals surface area contributed by atoms with Crippen LogP contribution in [0.5, 0.6) is 0 Å². The van der Waals surface area contributed by atoms with Gasteiger partial charge in [0.05, 0.1) is 23.7 Å². The molecule has 0 bridgehead atoms. The van der Waals surface area contributed by atoms with Crippen LogP contribution in [0.3, 0.4) is 0 Å². The normalized spacial score (nSPS) is 14.2. The molecule has 1 aliphatic heterocycles. The molecule has 7 nitrogen and oxygen atoms in total. The Kier molecular flexibility index (Phi) is 7.06. The highest BCUT2D eigenvalue weighted by Gasteiger charge is 2.23. The second-order valence-corrected chi connectivity index (χ2v) is 8.57. The maximum absolute atomic E-state index is 12.5. The van der Waals surface area contributed by atoms with Crippen LogP contribution in [0.25, 0.3) is 0 Å². The molecule has 2 heterocycles. The highest BCUT2D eigenvalue weighted by molar-refractivity contribution is 5.67. The first kappa shape index (κ1) is 22.6. The number of hydrogen-bond acceptors (Lipinski definition) is 5. The van der Waals surface area contributed by atoms with Crippen molar-refractivity contribution < 1.29 is 9.53 Å². The SMILES string of the molecule is Cc1ccc(C)c(COC(=O)N2CCN(Cc3cncn3Cc3ccc(C#N)cc3)CC2)c1. The number of nitrogens with zero attached hydrogens (tertiary/aromatic N) is 5. The summed E-state index contributed by atoms with van der Waals surface area (Å²) in [6.45, 7) is 8.76. The van der Waals surface area contributed by atoms with E-state index in [2.05, 4.69) is 38.7 Å². The van der Waals surface area contributed by atoms with E-state index >= 15 is 0 Å². The summed E-state index contributed by atoms with van der Waals surface area (Å²) < 4.78 is 7.71. The van der Waals surface area contributed by atoms with E-state index in [1.807, 2.05) is 50.6 Å². The molecule has 2 aromatic carbocycles. The van der Waals surface area contributed by atoms with Crippen molar-refractivity contribution in [3.8, 4) is 6.07 Å². The van der Waals surface area contributed by atoms with Crippen LogP contribution >= 0.6 is 0 Å². The standard InChI is InChI=1S/C26H29N5O2/c1-20-3-4-21(2)24(13-20)18-33-26(32)30-11-9-29(10-12-30)17-25-15-28-19-31(25)16-23-7-5-22(14-27)6-8-23/h3-8,13,15,19H,9-12,16-18H2,1-2H3. The fourth-order valence-electron chi connectivity index (χ4n) is 4.01. The number of amides is 1. The van der Waals surface area contributed by atoms with Crippen molar-refractivity contribution >= 4 is 6.09 Å². The number of carbonyl (C=O) groups is 1. The first-order valence-electron chi connectivity index (χ1n) is 11.2. The summed E-state index contributed by atoms with van der Waals surface area (Å²) in [5, 5.41) is 8.96. The smallest absolute Gasteiger partial charge is 0.410 e. The average Bonchev–Trinajstić information content (AvgIpc) is 3.26. The predicted molar refractivity (Wildman–Crippen MR) is 125 cm³/mol. The molecule has 1 aliphatic rings. The number of ether oxygens (including phenoxy) is 1. The van der Waals surface area contributed by atoms with Gasteiger partial charge in [-0.05, 0) is 42.7 Å². The third-order valence-corrected chi connectivity index (χ3v) is 6.11. The molecular formula is C26H29N5O2. The summed E-state index contributed by atoms with van der Waals surface area (Å²) in [7, 11) is 0. The molecule has 1 aromatic heterocycles. The molecule has 33 heavy (non-hydrogen) atoms. The Labute approximate surface area is 194 Å². The van der Waals surface area contributed by atoms with Crippen molar-refractivity contribution in [1.82, 2.24) is 19.4 Å². The Hall–Kier alpha value is -3.63. The van der Waals surface area contributed by atoms with Crippen LogP contribution in [0.2, 0.25) is 0 Å². The van der Waals surface area contributed by atoms with Gasteiger partial charge in [0.2, 0.25) is 0 Å². The molecular weight excluding hydrogens is 414 g/mol. The highest BCUT2D eigenvalue weighted by atomic mass is 16.6. The lowest BCUT2D eigenvalue weighted by Gasteiger charge is -2.34. The van der Waals surface area contributed by atoms with Gasteiger partial charge in [-0.15, -0.1) is 0 Å². The Morgan fingerprint density at radius 3 is 2.55 bits per heavy atom. The quantitative estimate of drug-likeness (QED) is 0.578. The van der Waals surface area contributed by atoms with Gasteiger partial charge in [0.15, 0.2) is 0 Å². The molecule has 1 saturated heterocycles. The van der Waals surface area contributed by atoms with E-state index in [4.69, 9.17) is 10.00 Å². The molecule has 0 radical (unpaired) electrons. The maximum Gasteiger partial charge on any atom is 0.410 e. The minimum absolute atomic E-state index is 0.249. The number of aryl methyl sites for hydroxylation is 2. The van der Waals surface area contributed by atoms with Gasteiger partial charge in [-0.1, -0.05) is 35.9 Å². The third-order valence-electron chi connectivity index (χ3n) is 6.11. The topological polar surface area (TPSA) is 74.4 Å². The number of benzene rings is 2. The lowest BCUT2D eigenvalue weighted by molar-refractivity contribution is 0.0694. The molecule has 0 unspecified atom stereocenters. The molecule has 7 heteroatoms. The van der Waals surface area contributed by atoms with E-state index in [0.717, 1.165) is 42.0 Å². The summed E-state index contributed by atoms with van der Waals surface area (Å²) >= 11 is 0. The highest BCUT2D eigenvalue weighted by Crippen LogP contribution is 2.15. The van der Waals surface area contributed by atoms with E-state index in [-0.39, 0.29) is 6.09 Å². The second kappa shape index (κ2) is 10.3. The van der Waals surface area contributed by atoms with E-state index < -0.39 is 0 Å². The monoisotopic (exact) mass is 443 g/mol. The van der Waals surface area contributed by atoms with Crippen molar-refractivity contribution in [3.63, 3.8) is 0 Å². The molecule has 0 saturated carbocycles. The summed E-state index contributed by atoms with van der Waals surface area (Å²) in [4.78, 5) is 21.0. The fraction of sp³-hybridized carbons (Fsp3) is 0.346. The number of aromatic nitrogens is 2. The van der Waals surface area contributed by atoms with Crippen LogP contribution in [0.15, 0.2) is 55.0 Å². The van der Waals surface area contributed by atoms with E-state index in [1.165, 1.54) is 5.56 Å². The molecule has 170 valence electrons. The van der Waals surface area contributed by atoms with E-state index in [1.54, 1.807) is 4.90 Å². The molecule has 0 spiro atoms. The summed E-state index contributed by atoms with van der Waals surface area (Å²) in [6.07, 6.45) is 3.49. The number of rotatable bonds is 6. The third kappa shape index (κ3) is 5.79. The predicted octanol–water partition coefficient (Wildman–Crippen LogP) is 3.87. The van der Waals surface area contributed by atoms with E-state index in [0.29, 0.717) is 31.8 Å². The number of piperazine rings is 1. The van der Waals surface area contributed by atoms with E-state index in [9.17, 15) is 4.79 Å². The molecule has 3 aromatic rings. The Morgan fingerprint density at radius 1 is 1.06 bits per heavy atom. The lowest BCUT2D eigenvalue weighted by Crippen LogP contribution is -2.48. The zero-order valence-corrected chi connectivity index (χ0v) is 19.2. The van der Waals surface area contributed by atoms with Gasteiger partial charge in [0.25, 0.3) is 0 Å². The summed E-state index contributed by atoms with van der Waals surface area (Å²) in [5.41, 5.74) is 6.28. The summed E-state index contributed by atoms with van der Waals surface area (Å²) in [6, 6.07) is 16.0. The minimum atomic E-state index is -0.249. The minimum Gasteiger partial charge on any atom is -0.445 e. The second-order valence-electron chi connectivity index (χ2n) is 8.57. The van der Waals surface area contributed by atoms with Crippen LogP contribution in [0.4, 0.5) is 4.79 Å². The largest absolute Gasteiger partial charge is 0.445 e. The first-order chi connectivity index (χ1) is 16.0. The maximum atomic E-state index is 12.5. The molecule has 0 N–H and O–H groups in total. The van der Waals surface area contributed by atoms with Gasteiger partial charge in [-0.25, -0.2) is 9.78 Å². The van der Waals surface area contributed by atoms with Crippen molar-refractivity contribution in [2.75, 3.05) is 26.2 Å². The number of carbonyl (C=O) groups excluding carboxylic acids is 1. The Bertz CT molecular complexity index is 1140. The molecule has 4 rings (SSSR count). The fourth-order valence-corrected chi connectivity index (χ4v) is 4.01. The molecule has 0 atom stereocenters. The van der Waals surface area contributed by atoms with Gasteiger partial charge >= 0.3 is 6.09 Å². The van der Waals surface area contributed by atoms with Gasteiger partial charge < -0.3 is 14.2 Å². The first-order valence-corrected chi connectivity index (χ1v) is 11.2. The van der Waals surface area contributed by atoms with Crippen molar-refractivity contribution in [2.24, 2.45) is 0 Å². The van der Waals surface area contributed by atoms with Crippen LogP contribution in [0, 0.1) is 25.2 Å². The van der Waals surface area contributed by atoms with Crippen LogP contribution in [0.1, 0.15) is 33.5 Å². The number of hydrogen-bond donors (Lipinski definition) is 0. The number of nitriles is 1. The Morgan fingerprint density at radius 2 is 1.82 bits per heavy atom. The lowest BCUT2D eigenvalue weighted by atomic mass is 10.1. The van der Waals surface area contributed by atoms with Gasteiger partial charge in [-0.3, -0.25) is 4.90 Å². The van der Waals surface area contributed by atoms with Crippen molar-refractivity contribution in [1.29, 1.82) is 5.26 Å². The van der Waals surface area contributed by atoms with Gasteiger partial charge in [0, 0.05) is 45.5 Å². The van der Waals surface area contributed by atoms with Crippen molar-refractivity contribution in [2.45, 2.75) is 33.5 Å².